The largest absolute Gasteiger partial charge is 0.494 e. The summed E-state index contributed by atoms with van der Waals surface area (Å²) in [4.78, 5) is 23.6. The molecule has 0 atom stereocenters. The Morgan fingerprint density at radius 2 is 1.96 bits per heavy atom. The van der Waals surface area contributed by atoms with Crippen LogP contribution in [0.25, 0.3) is 0 Å². The van der Waals surface area contributed by atoms with Gasteiger partial charge in [-0.15, -0.1) is 0 Å². The van der Waals surface area contributed by atoms with E-state index in [0.29, 0.717) is 43.9 Å². The summed E-state index contributed by atoms with van der Waals surface area (Å²) in [6, 6.07) is 13.1. The molecule has 0 fully saturated rings. The zero-order valence-electron chi connectivity index (χ0n) is 16.1. The van der Waals surface area contributed by atoms with Gasteiger partial charge in [0.05, 0.1) is 18.9 Å². The van der Waals surface area contributed by atoms with Crippen molar-refractivity contribution in [2.45, 2.75) is 39.0 Å². The van der Waals surface area contributed by atoms with Gasteiger partial charge in [-0.25, -0.2) is 0 Å². The van der Waals surface area contributed by atoms with Crippen LogP contribution in [0.3, 0.4) is 0 Å². The van der Waals surface area contributed by atoms with E-state index in [1.807, 2.05) is 49.4 Å². The quantitative estimate of drug-likeness (QED) is 0.639. The molecule has 2 N–H and O–H groups in total. The summed E-state index contributed by atoms with van der Waals surface area (Å²) in [6.07, 6.45) is 3.11. The molecule has 1 aliphatic heterocycles. The lowest BCUT2D eigenvalue weighted by Crippen LogP contribution is -2.18. The molecule has 0 saturated carbocycles. The number of hydrogen-bond donors (Lipinski definition) is 2. The molecule has 0 aliphatic carbocycles. The van der Waals surface area contributed by atoms with Crippen LogP contribution in [0, 0.1) is 0 Å². The van der Waals surface area contributed by atoms with Crippen LogP contribution in [0.1, 0.15) is 38.2 Å². The van der Waals surface area contributed by atoms with Gasteiger partial charge < -0.3 is 20.1 Å². The van der Waals surface area contributed by atoms with E-state index in [4.69, 9.17) is 9.47 Å². The van der Waals surface area contributed by atoms with Crippen molar-refractivity contribution in [2.24, 2.45) is 0 Å². The maximum Gasteiger partial charge on any atom is 0.224 e. The lowest BCUT2D eigenvalue weighted by molar-refractivity contribution is -0.117. The standard InChI is InChI=1S/C22H26N2O4/c1-2-13-28-20-7-4-3-6-19(20)24-21(25)8-5-14-27-17-10-11-18-16(15-17)9-12-22(26)23-18/h3-4,6-7,10-11,15H,2,5,8-9,12-14H2,1H3,(H,23,26)(H,24,25). The van der Waals surface area contributed by atoms with Gasteiger partial charge in [-0.1, -0.05) is 19.1 Å². The molecule has 1 heterocycles. The molecule has 0 aromatic heterocycles. The number of anilines is 2. The van der Waals surface area contributed by atoms with E-state index < -0.39 is 0 Å². The van der Waals surface area contributed by atoms with E-state index in [1.165, 1.54) is 0 Å². The van der Waals surface area contributed by atoms with Gasteiger partial charge in [0.1, 0.15) is 11.5 Å². The van der Waals surface area contributed by atoms with Gasteiger partial charge in [-0.2, -0.15) is 0 Å². The molecule has 2 amide bonds. The van der Waals surface area contributed by atoms with Crippen LogP contribution in [0.4, 0.5) is 11.4 Å². The predicted octanol–water partition coefficient (Wildman–Crippen LogP) is 4.16. The zero-order valence-corrected chi connectivity index (χ0v) is 16.1. The lowest BCUT2D eigenvalue weighted by Gasteiger charge is -2.17. The minimum atomic E-state index is -0.0655. The number of fused-ring (bicyclic) bond motifs is 1. The molecular formula is C22H26N2O4. The Morgan fingerprint density at radius 3 is 2.82 bits per heavy atom. The fraction of sp³-hybridized carbons (Fsp3) is 0.364. The number of carbonyl (C=O) groups excluding carboxylic acids is 2. The monoisotopic (exact) mass is 382 g/mol. The number of amides is 2. The minimum Gasteiger partial charge on any atom is -0.494 e. The number of benzene rings is 2. The summed E-state index contributed by atoms with van der Waals surface area (Å²) in [5, 5.41) is 5.76. The van der Waals surface area contributed by atoms with Gasteiger partial charge in [0.15, 0.2) is 0 Å². The van der Waals surface area contributed by atoms with Gasteiger partial charge in [-0.05, 0) is 55.2 Å². The highest BCUT2D eigenvalue weighted by molar-refractivity contribution is 5.94. The Labute approximate surface area is 165 Å². The van der Waals surface area contributed by atoms with Gasteiger partial charge in [-0.3, -0.25) is 9.59 Å². The van der Waals surface area contributed by atoms with E-state index >= 15 is 0 Å². The van der Waals surface area contributed by atoms with E-state index in [2.05, 4.69) is 10.6 Å². The number of para-hydroxylation sites is 2. The summed E-state index contributed by atoms with van der Waals surface area (Å²) in [5.41, 5.74) is 2.63. The van der Waals surface area contributed by atoms with Crippen LogP contribution in [0.15, 0.2) is 42.5 Å². The minimum absolute atomic E-state index is 0.0499. The van der Waals surface area contributed by atoms with Gasteiger partial charge in [0.2, 0.25) is 11.8 Å². The van der Waals surface area contributed by atoms with Crippen LogP contribution < -0.4 is 20.1 Å². The number of rotatable bonds is 9. The molecule has 0 unspecified atom stereocenters. The van der Waals surface area contributed by atoms with Crippen LogP contribution in [-0.2, 0) is 16.0 Å². The Balaban J connectivity index is 1.43. The second-order valence-electron chi connectivity index (χ2n) is 6.71. The summed E-state index contributed by atoms with van der Waals surface area (Å²) in [7, 11) is 0. The number of hydrogen-bond acceptors (Lipinski definition) is 4. The van der Waals surface area contributed by atoms with Gasteiger partial charge >= 0.3 is 0 Å². The molecule has 2 aromatic carbocycles. The second kappa shape index (κ2) is 9.78. The third kappa shape index (κ3) is 5.49. The second-order valence-corrected chi connectivity index (χ2v) is 6.71. The third-order valence-corrected chi connectivity index (χ3v) is 4.41. The Morgan fingerprint density at radius 1 is 1.11 bits per heavy atom. The highest BCUT2D eigenvalue weighted by Crippen LogP contribution is 2.27. The number of nitrogens with one attached hydrogen (secondary N) is 2. The highest BCUT2D eigenvalue weighted by atomic mass is 16.5. The third-order valence-electron chi connectivity index (χ3n) is 4.41. The molecule has 3 rings (SSSR count). The lowest BCUT2D eigenvalue weighted by atomic mass is 10.0. The maximum absolute atomic E-state index is 12.2. The van der Waals surface area contributed by atoms with Gasteiger partial charge in [0, 0.05) is 18.5 Å². The summed E-state index contributed by atoms with van der Waals surface area (Å²) in [6.45, 7) is 3.11. The Kier molecular flexibility index (Phi) is 6.89. The number of carbonyl (C=O) groups is 2. The molecule has 0 bridgehead atoms. The molecule has 6 heteroatoms. The smallest absolute Gasteiger partial charge is 0.224 e. The van der Waals surface area contributed by atoms with Crippen molar-refractivity contribution in [3.8, 4) is 11.5 Å². The first-order valence-corrected chi connectivity index (χ1v) is 9.73. The number of aryl methyl sites for hydroxylation is 1. The van der Waals surface area contributed by atoms with E-state index in [-0.39, 0.29) is 11.8 Å². The Hall–Kier alpha value is -3.02. The van der Waals surface area contributed by atoms with Crippen molar-refractivity contribution in [1.82, 2.24) is 0 Å². The molecule has 2 aromatic rings. The molecule has 0 spiro atoms. The average Bonchev–Trinajstić information content (AvgIpc) is 2.70. The first-order valence-electron chi connectivity index (χ1n) is 9.73. The molecule has 0 saturated heterocycles. The molecule has 0 radical (unpaired) electrons. The van der Waals surface area contributed by atoms with Crippen molar-refractivity contribution in [3.05, 3.63) is 48.0 Å². The van der Waals surface area contributed by atoms with Crippen molar-refractivity contribution in [1.29, 1.82) is 0 Å². The number of ether oxygens (including phenoxy) is 2. The predicted molar refractivity (Wildman–Crippen MR) is 109 cm³/mol. The van der Waals surface area contributed by atoms with Crippen LogP contribution in [0.2, 0.25) is 0 Å². The van der Waals surface area contributed by atoms with Crippen molar-refractivity contribution >= 4 is 23.2 Å². The molecule has 28 heavy (non-hydrogen) atoms. The summed E-state index contributed by atoms with van der Waals surface area (Å²) in [5.74, 6) is 1.43. The SMILES string of the molecule is CCCOc1ccccc1NC(=O)CCCOc1ccc2c(c1)CCC(=O)N2. The van der Waals surface area contributed by atoms with Crippen molar-refractivity contribution < 1.29 is 19.1 Å². The summed E-state index contributed by atoms with van der Waals surface area (Å²) >= 11 is 0. The fourth-order valence-corrected chi connectivity index (χ4v) is 2.99. The first kappa shape index (κ1) is 19.7. The van der Waals surface area contributed by atoms with Crippen molar-refractivity contribution in [3.63, 3.8) is 0 Å². The van der Waals surface area contributed by atoms with E-state index in [9.17, 15) is 9.59 Å². The molecule has 1 aliphatic rings. The topological polar surface area (TPSA) is 76.7 Å². The molecular weight excluding hydrogens is 356 g/mol. The normalized spacial score (nSPS) is 12.7. The van der Waals surface area contributed by atoms with Crippen LogP contribution in [-0.4, -0.2) is 25.0 Å². The van der Waals surface area contributed by atoms with E-state index in [1.54, 1.807) is 0 Å². The average molecular weight is 382 g/mol. The maximum atomic E-state index is 12.2. The highest BCUT2D eigenvalue weighted by Gasteiger charge is 2.15. The molecule has 6 nitrogen and oxygen atoms in total. The van der Waals surface area contributed by atoms with Crippen LogP contribution >= 0.6 is 0 Å². The zero-order chi connectivity index (χ0) is 19.8. The fourth-order valence-electron chi connectivity index (χ4n) is 2.99. The van der Waals surface area contributed by atoms with Gasteiger partial charge in [0.25, 0.3) is 0 Å². The molecule has 148 valence electrons. The first-order chi connectivity index (χ1) is 13.7. The van der Waals surface area contributed by atoms with E-state index in [0.717, 1.165) is 29.8 Å². The Bertz CT molecular complexity index is 835. The van der Waals surface area contributed by atoms with Crippen LogP contribution in [0.5, 0.6) is 11.5 Å². The summed E-state index contributed by atoms with van der Waals surface area (Å²) < 4.78 is 11.4. The van der Waals surface area contributed by atoms with Crippen molar-refractivity contribution in [2.75, 3.05) is 23.8 Å².